The Morgan fingerprint density at radius 2 is 1.69 bits per heavy atom. The van der Waals surface area contributed by atoms with Crippen LogP contribution in [0.15, 0.2) is 29.5 Å². The lowest BCUT2D eigenvalue weighted by Crippen LogP contribution is -2.38. The van der Waals surface area contributed by atoms with E-state index < -0.39 is 11.9 Å². The molecule has 3 rings (SSSR count). The molecule has 26 heavy (non-hydrogen) atoms. The predicted molar refractivity (Wildman–Crippen MR) is 93.4 cm³/mol. The number of carbonyl (C=O) groups excluding carboxylic acids is 2. The summed E-state index contributed by atoms with van der Waals surface area (Å²) in [6.45, 7) is 3.84. The largest absolute Gasteiger partial charge is 0.466 e. The monoisotopic (exact) mass is 357 g/mol. The van der Waals surface area contributed by atoms with Gasteiger partial charge in [0.15, 0.2) is 0 Å². The Bertz CT molecular complexity index is 922. The summed E-state index contributed by atoms with van der Waals surface area (Å²) < 4.78 is 15.1. The molecule has 2 aromatic rings. The summed E-state index contributed by atoms with van der Waals surface area (Å²) in [4.78, 5) is 35.0. The molecule has 0 N–H and O–H groups in total. The van der Waals surface area contributed by atoms with E-state index >= 15 is 0 Å². The lowest BCUT2D eigenvalue weighted by molar-refractivity contribution is -0.140. The van der Waals surface area contributed by atoms with Gasteiger partial charge in [0.25, 0.3) is 0 Å². The molecule has 0 radical (unpaired) electrons. The summed E-state index contributed by atoms with van der Waals surface area (Å²) in [6, 6.07) is 5.39. The summed E-state index contributed by atoms with van der Waals surface area (Å²) in [5, 5.41) is 0. The van der Waals surface area contributed by atoms with E-state index in [4.69, 9.17) is 14.2 Å². The first-order valence-corrected chi connectivity index (χ1v) is 7.96. The lowest BCUT2D eigenvalue weighted by atomic mass is 10.1. The van der Waals surface area contributed by atoms with Gasteiger partial charge in [-0.3, -0.25) is 0 Å². The third-order valence-corrected chi connectivity index (χ3v) is 4.20. The Labute approximate surface area is 150 Å². The molecule has 1 aliphatic rings. The minimum atomic E-state index is -0.639. The zero-order chi connectivity index (χ0) is 18.8. The predicted octanol–water partition coefficient (Wildman–Crippen LogP) is 1.64. The number of rotatable bonds is 3. The number of fused-ring (bicyclic) bond motifs is 1. The van der Waals surface area contributed by atoms with Crippen LogP contribution >= 0.6 is 0 Å². The number of anilines is 1. The van der Waals surface area contributed by atoms with Crippen molar-refractivity contribution >= 4 is 28.7 Å². The maximum atomic E-state index is 12.3. The SMILES string of the molecule is COC(=O)C1=C(C(=O)OC)N(c2ccc3nc(C)c(C)nc3c2)COC1. The van der Waals surface area contributed by atoms with Crippen LogP contribution in [0, 0.1) is 13.8 Å². The van der Waals surface area contributed by atoms with Gasteiger partial charge in [-0.1, -0.05) is 0 Å². The summed E-state index contributed by atoms with van der Waals surface area (Å²) in [5.74, 6) is -1.28. The molecule has 0 aliphatic carbocycles. The van der Waals surface area contributed by atoms with E-state index in [1.807, 2.05) is 19.9 Å². The quantitative estimate of drug-likeness (QED) is 0.766. The van der Waals surface area contributed by atoms with Gasteiger partial charge < -0.3 is 19.1 Å². The Morgan fingerprint density at radius 1 is 1.04 bits per heavy atom. The molecule has 8 heteroatoms. The standard InChI is InChI=1S/C18H19N3O5/c1-10-11(2)20-15-7-12(5-6-14(15)19-10)21-9-26-8-13(17(22)24-3)16(21)18(23)25-4/h5-7H,8-9H2,1-4H3. The van der Waals surface area contributed by atoms with E-state index in [2.05, 4.69) is 9.97 Å². The first-order valence-electron chi connectivity index (χ1n) is 7.96. The molecular weight excluding hydrogens is 338 g/mol. The lowest BCUT2D eigenvalue weighted by Gasteiger charge is -2.31. The third kappa shape index (κ3) is 3.11. The van der Waals surface area contributed by atoms with Crippen LogP contribution in [0.3, 0.4) is 0 Å². The number of carbonyl (C=O) groups is 2. The van der Waals surface area contributed by atoms with Crippen LogP contribution in [0.5, 0.6) is 0 Å². The molecule has 1 aromatic heterocycles. The number of ether oxygens (including phenoxy) is 3. The molecule has 1 aromatic carbocycles. The minimum absolute atomic E-state index is 0.0285. The summed E-state index contributed by atoms with van der Waals surface area (Å²) in [6.07, 6.45) is 0. The number of nitrogens with zero attached hydrogens (tertiary/aromatic N) is 3. The molecule has 0 bridgehead atoms. The number of esters is 2. The number of hydrogen-bond acceptors (Lipinski definition) is 8. The van der Waals surface area contributed by atoms with Crippen LogP contribution in [0.4, 0.5) is 5.69 Å². The van der Waals surface area contributed by atoms with Gasteiger partial charge in [0.2, 0.25) is 0 Å². The number of methoxy groups -OCH3 is 2. The average Bonchev–Trinajstić information content (AvgIpc) is 2.66. The van der Waals surface area contributed by atoms with Gasteiger partial charge in [0, 0.05) is 5.69 Å². The number of hydrogen-bond donors (Lipinski definition) is 0. The van der Waals surface area contributed by atoms with Crippen LogP contribution in [0.2, 0.25) is 0 Å². The Balaban J connectivity index is 2.14. The van der Waals surface area contributed by atoms with Gasteiger partial charge >= 0.3 is 11.9 Å². The highest BCUT2D eigenvalue weighted by atomic mass is 16.5. The highest BCUT2D eigenvalue weighted by Gasteiger charge is 2.32. The second-order valence-electron chi connectivity index (χ2n) is 5.78. The van der Waals surface area contributed by atoms with Crippen molar-refractivity contribution in [1.29, 1.82) is 0 Å². The van der Waals surface area contributed by atoms with Crippen molar-refractivity contribution in [2.45, 2.75) is 13.8 Å². The van der Waals surface area contributed by atoms with Crippen molar-refractivity contribution in [2.75, 3.05) is 32.5 Å². The zero-order valence-electron chi connectivity index (χ0n) is 15.0. The van der Waals surface area contributed by atoms with Gasteiger partial charge in [-0.2, -0.15) is 0 Å². The van der Waals surface area contributed by atoms with Gasteiger partial charge in [0.1, 0.15) is 12.4 Å². The number of aryl methyl sites for hydroxylation is 2. The van der Waals surface area contributed by atoms with Crippen LogP contribution in [0.25, 0.3) is 11.0 Å². The molecule has 0 fully saturated rings. The second kappa shape index (κ2) is 7.09. The summed E-state index contributed by atoms with van der Waals surface area (Å²) in [7, 11) is 2.51. The number of aromatic nitrogens is 2. The average molecular weight is 357 g/mol. The molecule has 0 atom stereocenters. The summed E-state index contributed by atoms with van der Waals surface area (Å²) in [5.41, 5.74) is 3.94. The van der Waals surface area contributed by atoms with Gasteiger partial charge in [-0.15, -0.1) is 0 Å². The Kier molecular flexibility index (Phi) is 4.85. The molecule has 0 spiro atoms. The Hall–Kier alpha value is -3.00. The molecule has 0 amide bonds. The zero-order valence-corrected chi connectivity index (χ0v) is 15.0. The van der Waals surface area contributed by atoms with Crippen LogP contribution in [-0.4, -0.2) is 49.5 Å². The van der Waals surface area contributed by atoms with Crippen molar-refractivity contribution in [2.24, 2.45) is 0 Å². The van der Waals surface area contributed by atoms with E-state index in [0.29, 0.717) is 11.2 Å². The topological polar surface area (TPSA) is 90.9 Å². The fourth-order valence-electron chi connectivity index (χ4n) is 2.73. The fraction of sp³-hybridized carbons (Fsp3) is 0.333. The maximum Gasteiger partial charge on any atom is 0.355 e. The maximum absolute atomic E-state index is 12.3. The molecule has 0 saturated carbocycles. The van der Waals surface area contributed by atoms with Crippen molar-refractivity contribution in [3.05, 3.63) is 40.9 Å². The molecule has 2 heterocycles. The fourth-order valence-corrected chi connectivity index (χ4v) is 2.73. The van der Waals surface area contributed by atoms with E-state index in [9.17, 15) is 9.59 Å². The van der Waals surface area contributed by atoms with Gasteiger partial charge in [-0.05, 0) is 32.0 Å². The van der Waals surface area contributed by atoms with Crippen molar-refractivity contribution in [1.82, 2.24) is 9.97 Å². The summed E-state index contributed by atoms with van der Waals surface area (Å²) >= 11 is 0. The van der Waals surface area contributed by atoms with Gasteiger partial charge in [0.05, 0.1) is 48.8 Å². The highest BCUT2D eigenvalue weighted by Crippen LogP contribution is 2.28. The number of benzene rings is 1. The first kappa shape index (κ1) is 17.8. The van der Waals surface area contributed by atoms with E-state index in [-0.39, 0.29) is 24.6 Å². The van der Waals surface area contributed by atoms with Crippen LogP contribution in [-0.2, 0) is 23.8 Å². The Morgan fingerprint density at radius 3 is 2.35 bits per heavy atom. The van der Waals surface area contributed by atoms with Crippen LogP contribution in [0.1, 0.15) is 11.4 Å². The minimum Gasteiger partial charge on any atom is -0.466 e. The third-order valence-electron chi connectivity index (χ3n) is 4.20. The highest BCUT2D eigenvalue weighted by molar-refractivity contribution is 6.03. The molecule has 0 unspecified atom stereocenters. The molecular formula is C18H19N3O5. The molecule has 136 valence electrons. The van der Waals surface area contributed by atoms with E-state index in [0.717, 1.165) is 16.9 Å². The molecule has 8 nitrogen and oxygen atoms in total. The van der Waals surface area contributed by atoms with Crippen molar-refractivity contribution in [3.8, 4) is 0 Å². The van der Waals surface area contributed by atoms with E-state index in [1.165, 1.54) is 14.2 Å². The first-order chi connectivity index (χ1) is 12.5. The second-order valence-corrected chi connectivity index (χ2v) is 5.78. The normalized spacial score (nSPS) is 14.5. The molecule has 0 saturated heterocycles. The van der Waals surface area contributed by atoms with Gasteiger partial charge in [-0.25, -0.2) is 19.6 Å². The molecule has 1 aliphatic heterocycles. The van der Waals surface area contributed by atoms with Crippen LogP contribution < -0.4 is 4.90 Å². The van der Waals surface area contributed by atoms with E-state index in [1.54, 1.807) is 17.0 Å². The smallest absolute Gasteiger partial charge is 0.355 e. The van der Waals surface area contributed by atoms with Crippen molar-refractivity contribution in [3.63, 3.8) is 0 Å². The van der Waals surface area contributed by atoms with Crippen molar-refractivity contribution < 1.29 is 23.8 Å².